The third-order valence-electron chi connectivity index (χ3n) is 3.09. The van der Waals surface area contributed by atoms with E-state index in [9.17, 15) is 10.1 Å². The summed E-state index contributed by atoms with van der Waals surface area (Å²) in [6.45, 7) is 0.255. The predicted molar refractivity (Wildman–Crippen MR) is 91.8 cm³/mol. The second kappa shape index (κ2) is 5.90. The standard InChI is InChI=1S/C14H9BrN4O2S/c15-8-5-9-13(10-3-1-2-4-16-10)17-7-12(22)18-14(9)11(6-8)19(20)21/h1-6H,7H2,(H,18,22). The van der Waals surface area contributed by atoms with E-state index in [2.05, 4.69) is 31.2 Å². The van der Waals surface area contributed by atoms with Crippen molar-refractivity contribution in [1.82, 2.24) is 4.98 Å². The van der Waals surface area contributed by atoms with Gasteiger partial charge in [-0.2, -0.15) is 0 Å². The van der Waals surface area contributed by atoms with Crippen LogP contribution in [-0.4, -0.2) is 27.2 Å². The van der Waals surface area contributed by atoms with Crippen LogP contribution >= 0.6 is 28.1 Å². The quantitative estimate of drug-likeness (QED) is 0.493. The molecule has 0 saturated heterocycles. The number of fused-ring (bicyclic) bond motifs is 1. The van der Waals surface area contributed by atoms with Crippen LogP contribution < -0.4 is 5.32 Å². The summed E-state index contributed by atoms with van der Waals surface area (Å²) in [6, 6.07) is 8.66. The van der Waals surface area contributed by atoms with Crippen LogP contribution in [0, 0.1) is 10.1 Å². The van der Waals surface area contributed by atoms with Gasteiger partial charge in [0.15, 0.2) is 0 Å². The van der Waals surface area contributed by atoms with Crippen molar-refractivity contribution in [3.8, 4) is 0 Å². The Kier molecular flexibility index (Phi) is 3.95. The lowest BCUT2D eigenvalue weighted by Gasteiger charge is -2.11. The van der Waals surface area contributed by atoms with E-state index in [1.807, 2.05) is 12.1 Å². The van der Waals surface area contributed by atoms with Gasteiger partial charge in [-0.25, -0.2) is 0 Å². The second-order valence-electron chi connectivity index (χ2n) is 4.53. The molecule has 1 aliphatic rings. The molecule has 0 saturated carbocycles. The number of aliphatic imine (C=N–C) groups is 1. The number of hydrogen-bond donors (Lipinski definition) is 1. The van der Waals surface area contributed by atoms with Gasteiger partial charge in [0.1, 0.15) is 10.7 Å². The largest absolute Gasteiger partial charge is 0.342 e. The molecule has 22 heavy (non-hydrogen) atoms. The summed E-state index contributed by atoms with van der Waals surface area (Å²) in [5.74, 6) is 0. The normalized spacial score (nSPS) is 13.7. The molecule has 0 atom stereocenters. The Labute approximate surface area is 139 Å². The first-order valence-electron chi connectivity index (χ1n) is 6.30. The molecule has 0 unspecified atom stereocenters. The molecule has 1 aromatic heterocycles. The summed E-state index contributed by atoms with van der Waals surface area (Å²) in [5, 5.41) is 14.3. The molecule has 0 aliphatic carbocycles. The Morgan fingerprint density at radius 2 is 2.18 bits per heavy atom. The molecule has 0 bridgehead atoms. The van der Waals surface area contributed by atoms with Gasteiger partial charge in [0.2, 0.25) is 0 Å². The number of nitrogens with one attached hydrogen (secondary N) is 1. The van der Waals surface area contributed by atoms with E-state index in [1.165, 1.54) is 6.07 Å². The average Bonchev–Trinajstić information content (AvgIpc) is 2.66. The van der Waals surface area contributed by atoms with Gasteiger partial charge in [-0.15, -0.1) is 0 Å². The Balaban J connectivity index is 2.28. The van der Waals surface area contributed by atoms with Crippen molar-refractivity contribution in [2.45, 2.75) is 0 Å². The Bertz CT molecular complexity index is 808. The summed E-state index contributed by atoms with van der Waals surface area (Å²) >= 11 is 8.49. The van der Waals surface area contributed by atoms with Gasteiger partial charge in [0.05, 0.1) is 22.9 Å². The molecule has 1 aromatic carbocycles. The lowest BCUT2D eigenvalue weighted by Crippen LogP contribution is -2.13. The second-order valence-corrected chi connectivity index (χ2v) is 5.94. The predicted octanol–water partition coefficient (Wildman–Crippen LogP) is 3.34. The molecule has 6 nitrogen and oxygen atoms in total. The smallest absolute Gasteiger partial charge is 0.294 e. The van der Waals surface area contributed by atoms with E-state index in [-0.39, 0.29) is 12.2 Å². The molecule has 2 heterocycles. The number of nitro groups is 1. The Morgan fingerprint density at radius 3 is 2.86 bits per heavy atom. The molecule has 0 fully saturated rings. The number of thiocarbonyl (C=S) groups is 1. The third-order valence-corrected chi connectivity index (χ3v) is 3.78. The lowest BCUT2D eigenvalue weighted by atomic mass is 10.0. The Hall–Kier alpha value is -2.19. The van der Waals surface area contributed by atoms with Crippen LogP contribution in [0.5, 0.6) is 0 Å². The number of pyridine rings is 1. The summed E-state index contributed by atoms with van der Waals surface area (Å²) in [6.07, 6.45) is 1.65. The number of halogens is 1. The summed E-state index contributed by atoms with van der Waals surface area (Å²) in [5.41, 5.74) is 2.10. The highest BCUT2D eigenvalue weighted by molar-refractivity contribution is 9.10. The first kappa shape index (κ1) is 14.7. The number of benzene rings is 1. The van der Waals surface area contributed by atoms with Gasteiger partial charge in [-0.1, -0.05) is 34.2 Å². The van der Waals surface area contributed by atoms with Crippen LogP contribution in [0.4, 0.5) is 11.4 Å². The molecule has 2 aromatic rings. The number of benzodiazepines with no additional fused rings is 1. The fraction of sp³-hybridized carbons (Fsp3) is 0.0714. The number of rotatable bonds is 2. The number of nitrogens with zero attached hydrogens (tertiary/aromatic N) is 3. The van der Waals surface area contributed by atoms with E-state index in [0.717, 1.165) is 0 Å². The zero-order valence-corrected chi connectivity index (χ0v) is 13.5. The van der Waals surface area contributed by atoms with E-state index in [0.29, 0.717) is 32.1 Å². The SMILES string of the molecule is O=[N+]([O-])c1cc(Br)cc2c1NC(=S)CN=C2c1ccccn1. The molecule has 0 amide bonds. The topological polar surface area (TPSA) is 80.4 Å². The molecule has 0 spiro atoms. The third kappa shape index (κ3) is 2.75. The van der Waals surface area contributed by atoms with E-state index in [4.69, 9.17) is 12.2 Å². The van der Waals surface area contributed by atoms with Crippen molar-refractivity contribution < 1.29 is 4.92 Å². The number of nitro benzene ring substituents is 1. The first-order chi connectivity index (χ1) is 10.6. The van der Waals surface area contributed by atoms with Gasteiger partial charge in [-0.3, -0.25) is 20.1 Å². The minimum Gasteiger partial charge on any atom is -0.342 e. The number of hydrogen-bond acceptors (Lipinski definition) is 5. The van der Waals surface area contributed by atoms with Crippen LogP contribution in [-0.2, 0) is 0 Å². The molecule has 8 heteroatoms. The molecule has 110 valence electrons. The number of anilines is 1. The highest BCUT2D eigenvalue weighted by Crippen LogP contribution is 2.35. The van der Waals surface area contributed by atoms with Crippen LogP contribution in [0.3, 0.4) is 0 Å². The zero-order chi connectivity index (χ0) is 15.7. The lowest BCUT2D eigenvalue weighted by molar-refractivity contribution is -0.384. The number of aromatic nitrogens is 1. The monoisotopic (exact) mass is 376 g/mol. The van der Waals surface area contributed by atoms with Gasteiger partial charge >= 0.3 is 0 Å². The minimum absolute atomic E-state index is 0.0581. The molecule has 1 aliphatic heterocycles. The Morgan fingerprint density at radius 1 is 1.36 bits per heavy atom. The maximum atomic E-state index is 11.3. The van der Waals surface area contributed by atoms with Crippen LogP contribution in [0.1, 0.15) is 11.3 Å². The van der Waals surface area contributed by atoms with Crippen LogP contribution in [0.2, 0.25) is 0 Å². The fourth-order valence-corrected chi connectivity index (χ4v) is 2.80. The molecule has 3 rings (SSSR count). The molecule has 1 N–H and O–H groups in total. The summed E-state index contributed by atoms with van der Waals surface area (Å²) in [7, 11) is 0. The van der Waals surface area contributed by atoms with Crippen molar-refractivity contribution in [3.63, 3.8) is 0 Å². The highest BCUT2D eigenvalue weighted by atomic mass is 79.9. The molecular weight excluding hydrogens is 368 g/mol. The molecular formula is C14H9BrN4O2S. The van der Waals surface area contributed by atoms with Gasteiger partial charge in [0, 0.05) is 22.3 Å². The first-order valence-corrected chi connectivity index (χ1v) is 7.50. The summed E-state index contributed by atoms with van der Waals surface area (Å²) in [4.78, 5) is 20.1. The summed E-state index contributed by atoms with van der Waals surface area (Å²) < 4.78 is 0.594. The fourth-order valence-electron chi connectivity index (χ4n) is 2.19. The highest BCUT2D eigenvalue weighted by Gasteiger charge is 2.26. The van der Waals surface area contributed by atoms with Gasteiger partial charge in [-0.05, 0) is 18.2 Å². The minimum atomic E-state index is -0.444. The van der Waals surface area contributed by atoms with Crippen LogP contribution in [0.15, 0.2) is 46.0 Å². The van der Waals surface area contributed by atoms with Crippen molar-refractivity contribution in [2.75, 3.05) is 11.9 Å². The van der Waals surface area contributed by atoms with Gasteiger partial charge < -0.3 is 5.32 Å². The van der Waals surface area contributed by atoms with E-state index in [1.54, 1.807) is 18.3 Å². The van der Waals surface area contributed by atoms with Crippen molar-refractivity contribution in [3.05, 3.63) is 62.4 Å². The van der Waals surface area contributed by atoms with E-state index < -0.39 is 4.92 Å². The van der Waals surface area contributed by atoms with Crippen LogP contribution in [0.25, 0.3) is 0 Å². The van der Waals surface area contributed by atoms with Gasteiger partial charge in [0.25, 0.3) is 5.69 Å². The maximum absolute atomic E-state index is 11.3. The average molecular weight is 377 g/mol. The van der Waals surface area contributed by atoms with Crippen molar-refractivity contribution in [2.24, 2.45) is 4.99 Å². The molecule has 0 radical (unpaired) electrons. The zero-order valence-electron chi connectivity index (χ0n) is 11.1. The van der Waals surface area contributed by atoms with Crippen molar-refractivity contribution in [1.29, 1.82) is 0 Å². The van der Waals surface area contributed by atoms with Crippen molar-refractivity contribution >= 4 is 50.2 Å². The maximum Gasteiger partial charge on any atom is 0.294 e. The van der Waals surface area contributed by atoms with E-state index >= 15 is 0 Å².